The second kappa shape index (κ2) is 7.22. The molecule has 8 heteroatoms. The number of rotatable bonds is 3. The van der Waals surface area contributed by atoms with E-state index in [1.165, 1.54) is 4.90 Å². The van der Waals surface area contributed by atoms with Gasteiger partial charge in [0, 0.05) is 48.9 Å². The second-order valence-electron chi connectivity index (χ2n) is 8.54. The second-order valence-corrected chi connectivity index (χ2v) is 8.97. The van der Waals surface area contributed by atoms with Gasteiger partial charge in [0.15, 0.2) is 5.54 Å². The van der Waals surface area contributed by atoms with E-state index in [2.05, 4.69) is 5.32 Å². The van der Waals surface area contributed by atoms with Gasteiger partial charge >= 0.3 is 0 Å². The number of ether oxygens (including phenoxy) is 1. The Morgan fingerprint density at radius 2 is 2.10 bits per heavy atom. The van der Waals surface area contributed by atoms with Gasteiger partial charge in [0.1, 0.15) is 5.75 Å². The van der Waals surface area contributed by atoms with E-state index in [1.54, 1.807) is 32.3 Å². The zero-order chi connectivity index (χ0) is 21.9. The zero-order valence-electron chi connectivity index (χ0n) is 17.4. The van der Waals surface area contributed by atoms with Crippen molar-refractivity contribution in [2.24, 2.45) is 0 Å². The summed E-state index contributed by atoms with van der Waals surface area (Å²) < 4.78 is 5.99. The monoisotopic (exact) mass is 441 g/mol. The van der Waals surface area contributed by atoms with Gasteiger partial charge in [-0.05, 0) is 30.2 Å². The maximum Gasteiger partial charge on any atom is 0.254 e. The lowest BCUT2D eigenvalue weighted by molar-refractivity contribution is -0.138. The van der Waals surface area contributed by atoms with Crippen LogP contribution >= 0.6 is 11.6 Å². The number of carbonyl (C=O) groups is 2. The Hall–Kier alpha value is -2.61. The lowest BCUT2D eigenvalue weighted by Crippen LogP contribution is -2.57. The van der Waals surface area contributed by atoms with E-state index in [0.29, 0.717) is 34.2 Å². The number of amides is 2. The number of fused-ring (bicyclic) bond motifs is 2. The minimum absolute atomic E-state index is 0.160. The first-order valence-corrected chi connectivity index (χ1v) is 10.7. The molecule has 2 N–H and O–H groups in total. The molecule has 3 heterocycles. The molecule has 5 rings (SSSR count). The quantitative estimate of drug-likeness (QED) is 0.761. The number of benzene rings is 2. The van der Waals surface area contributed by atoms with Crippen molar-refractivity contribution in [1.82, 2.24) is 9.80 Å². The highest BCUT2D eigenvalue weighted by Crippen LogP contribution is 2.52. The first-order chi connectivity index (χ1) is 14.8. The first kappa shape index (κ1) is 20.3. The minimum Gasteiger partial charge on any atom is -0.493 e. The molecule has 7 nitrogen and oxygen atoms in total. The smallest absolute Gasteiger partial charge is 0.254 e. The van der Waals surface area contributed by atoms with Crippen molar-refractivity contribution in [1.29, 1.82) is 0 Å². The highest BCUT2D eigenvalue weighted by molar-refractivity contribution is 6.31. The summed E-state index contributed by atoms with van der Waals surface area (Å²) in [7, 11) is 3.36. The number of nitrogens with zero attached hydrogens (tertiary/aromatic N) is 2. The molecule has 1 fully saturated rings. The largest absolute Gasteiger partial charge is 0.493 e. The lowest BCUT2D eigenvalue weighted by atomic mass is 9.80. The van der Waals surface area contributed by atoms with Crippen molar-refractivity contribution in [3.05, 3.63) is 58.1 Å². The van der Waals surface area contributed by atoms with Gasteiger partial charge in [-0.25, -0.2) is 0 Å². The van der Waals surface area contributed by atoms with E-state index in [-0.39, 0.29) is 24.8 Å². The number of aliphatic hydroxyl groups excluding tert-OH is 1. The average Bonchev–Trinajstić information content (AvgIpc) is 3.43. The van der Waals surface area contributed by atoms with Crippen molar-refractivity contribution in [2.75, 3.05) is 32.6 Å². The molecule has 31 heavy (non-hydrogen) atoms. The molecule has 1 unspecified atom stereocenters. The molecule has 0 spiro atoms. The number of β-amino-alcohol motifs (C(OH)–C–C–N with tert-alkyl or cyclic N) is 1. The summed E-state index contributed by atoms with van der Waals surface area (Å²) in [6, 6.07) is 10.4. The number of aliphatic hydroxyl groups is 1. The topological polar surface area (TPSA) is 82.1 Å². The fraction of sp³-hybridized carbons (Fsp3) is 0.391. The predicted molar refractivity (Wildman–Crippen MR) is 116 cm³/mol. The van der Waals surface area contributed by atoms with Crippen LogP contribution in [0.25, 0.3) is 0 Å². The summed E-state index contributed by atoms with van der Waals surface area (Å²) in [4.78, 5) is 30.3. The van der Waals surface area contributed by atoms with E-state index in [4.69, 9.17) is 16.3 Å². The Balaban J connectivity index is 1.81. The normalized spacial score (nSPS) is 26.9. The van der Waals surface area contributed by atoms with Crippen molar-refractivity contribution in [3.8, 4) is 5.75 Å². The molecular formula is C23H24ClN3O4. The molecular weight excluding hydrogens is 418 g/mol. The Morgan fingerprint density at radius 1 is 1.29 bits per heavy atom. The third-order valence-corrected chi connectivity index (χ3v) is 6.72. The van der Waals surface area contributed by atoms with Gasteiger partial charge in [0.05, 0.1) is 18.8 Å². The van der Waals surface area contributed by atoms with E-state index in [9.17, 15) is 14.7 Å². The number of halogens is 1. The van der Waals surface area contributed by atoms with Crippen LogP contribution < -0.4 is 10.1 Å². The number of nitrogens with one attached hydrogen (secondary N) is 1. The maximum atomic E-state index is 13.8. The molecule has 0 aromatic heterocycles. The molecule has 162 valence electrons. The van der Waals surface area contributed by atoms with Gasteiger partial charge in [-0.15, -0.1) is 0 Å². The predicted octanol–water partition coefficient (Wildman–Crippen LogP) is 1.99. The van der Waals surface area contributed by atoms with Crippen LogP contribution in [0.1, 0.15) is 23.1 Å². The van der Waals surface area contributed by atoms with Crippen LogP contribution in [0.4, 0.5) is 5.69 Å². The Bertz CT molecular complexity index is 1090. The van der Waals surface area contributed by atoms with Crippen LogP contribution in [-0.4, -0.2) is 66.1 Å². The van der Waals surface area contributed by atoms with Crippen molar-refractivity contribution < 1.29 is 19.4 Å². The SMILES string of the molecule is CN(C)C(=O)[C@@H]1C[C@@H](O)CN1C1(c2cccc3c2OCC3)C(=O)Nc2ccc(Cl)cc21. The van der Waals surface area contributed by atoms with E-state index in [1.807, 2.05) is 23.1 Å². The summed E-state index contributed by atoms with van der Waals surface area (Å²) in [6.45, 7) is 0.711. The number of anilines is 1. The maximum absolute atomic E-state index is 13.8. The molecule has 2 aromatic carbocycles. The highest BCUT2D eigenvalue weighted by atomic mass is 35.5. The van der Waals surface area contributed by atoms with Gasteiger partial charge in [0.2, 0.25) is 5.91 Å². The lowest BCUT2D eigenvalue weighted by Gasteiger charge is -2.41. The number of carbonyl (C=O) groups excluding carboxylic acids is 2. The fourth-order valence-corrected chi connectivity index (χ4v) is 5.36. The van der Waals surface area contributed by atoms with Gasteiger partial charge in [-0.3, -0.25) is 14.5 Å². The van der Waals surface area contributed by atoms with Gasteiger partial charge < -0.3 is 20.1 Å². The molecule has 0 aliphatic carbocycles. The van der Waals surface area contributed by atoms with E-state index >= 15 is 0 Å². The van der Waals surface area contributed by atoms with E-state index in [0.717, 1.165) is 12.0 Å². The number of likely N-dealkylation sites (tertiary alicyclic amines) is 1. The number of hydrogen-bond donors (Lipinski definition) is 2. The van der Waals surface area contributed by atoms with Crippen molar-refractivity contribution in [3.63, 3.8) is 0 Å². The van der Waals surface area contributed by atoms with Crippen LogP contribution in [0.5, 0.6) is 5.75 Å². The average molecular weight is 442 g/mol. The molecule has 3 aliphatic heterocycles. The summed E-state index contributed by atoms with van der Waals surface area (Å²) in [5.41, 5.74) is 1.66. The third-order valence-electron chi connectivity index (χ3n) is 6.49. The summed E-state index contributed by atoms with van der Waals surface area (Å²) >= 11 is 6.37. The van der Waals surface area contributed by atoms with Gasteiger partial charge in [0.25, 0.3) is 5.91 Å². The van der Waals surface area contributed by atoms with Crippen LogP contribution in [0, 0.1) is 0 Å². The Morgan fingerprint density at radius 3 is 2.87 bits per heavy atom. The standard InChI is InChI=1S/C23H24ClN3O4/c1-26(2)21(29)19-11-15(28)12-27(19)23(16-5-3-4-13-8-9-31-20(13)16)17-10-14(24)6-7-18(17)25-22(23)30/h3-7,10,15,19,28H,8-9,11-12H2,1-2H3,(H,25,30)/t15-,19+,23?/m1/s1. The van der Waals surface area contributed by atoms with Crippen LogP contribution in [0.2, 0.25) is 5.02 Å². The van der Waals surface area contributed by atoms with Crippen molar-refractivity contribution >= 4 is 29.1 Å². The summed E-state index contributed by atoms with van der Waals surface area (Å²) in [6.07, 6.45) is 0.267. The molecule has 2 aromatic rings. The summed E-state index contributed by atoms with van der Waals surface area (Å²) in [5.74, 6) is 0.231. The summed E-state index contributed by atoms with van der Waals surface area (Å²) in [5, 5.41) is 14.1. The van der Waals surface area contributed by atoms with Crippen LogP contribution in [-0.2, 0) is 21.5 Å². The molecule has 3 aliphatic rings. The minimum atomic E-state index is -1.34. The molecule has 1 saturated heterocycles. The fourth-order valence-electron chi connectivity index (χ4n) is 5.18. The Kier molecular flexibility index (Phi) is 4.73. The number of hydrogen-bond acceptors (Lipinski definition) is 5. The van der Waals surface area contributed by atoms with Crippen LogP contribution in [0.15, 0.2) is 36.4 Å². The van der Waals surface area contributed by atoms with Gasteiger partial charge in [-0.2, -0.15) is 0 Å². The number of likely N-dealkylation sites (N-methyl/N-ethyl adjacent to an activating group) is 1. The highest BCUT2D eigenvalue weighted by Gasteiger charge is 2.59. The molecule has 3 atom stereocenters. The van der Waals surface area contributed by atoms with E-state index < -0.39 is 17.7 Å². The Labute approximate surface area is 185 Å². The van der Waals surface area contributed by atoms with Crippen LogP contribution in [0.3, 0.4) is 0 Å². The molecule has 0 bridgehead atoms. The zero-order valence-corrected chi connectivity index (χ0v) is 18.1. The molecule has 0 saturated carbocycles. The molecule has 2 amide bonds. The van der Waals surface area contributed by atoms with Gasteiger partial charge in [-0.1, -0.05) is 29.8 Å². The molecule has 0 radical (unpaired) electrons. The third kappa shape index (κ3) is 2.87. The van der Waals surface area contributed by atoms with Crippen molar-refractivity contribution in [2.45, 2.75) is 30.5 Å². The number of para-hydroxylation sites is 1. The first-order valence-electron chi connectivity index (χ1n) is 10.4.